The maximum absolute atomic E-state index is 4.35. The van der Waals surface area contributed by atoms with Crippen molar-refractivity contribution < 1.29 is 0 Å². The first-order valence-electron chi connectivity index (χ1n) is 12.8. The highest BCUT2D eigenvalue weighted by atomic mass is 14.6. The van der Waals surface area contributed by atoms with E-state index in [1.54, 1.807) is 11.1 Å². The molecule has 0 radical (unpaired) electrons. The fourth-order valence-electron chi connectivity index (χ4n) is 7.90. The van der Waals surface area contributed by atoms with Crippen molar-refractivity contribution in [2.45, 2.75) is 106 Å². The van der Waals surface area contributed by atoms with E-state index in [4.69, 9.17) is 0 Å². The van der Waals surface area contributed by atoms with Crippen molar-refractivity contribution in [1.29, 1.82) is 0 Å². The molecule has 2 fully saturated rings. The van der Waals surface area contributed by atoms with Crippen molar-refractivity contribution in [2.24, 2.45) is 40.4 Å². The van der Waals surface area contributed by atoms with E-state index in [0.717, 1.165) is 30.1 Å². The molecule has 2 saturated carbocycles. The molecule has 0 heteroatoms. The number of hydrogen-bond donors (Lipinski definition) is 0. The largest absolute Gasteiger partial charge is 0.0996 e. The zero-order chi connectivity index (χ0) is 21.4. The van der Waals surface area contributed by atoms with Gasteiger partial charge in [-0.1, -0.05) is 71.4 Å². The summed E-state index contributed by atoms with van der Waals surface area (Å²) in [4.78, 5) is 0. The molecule has 4 aliphatic carbocycles. The second kappa shape index (κ2) is 8.76. The molecule has 4 rings (SSSR count). The van der Waals surface area contributed by atoms with Crippen LogP contribution in [0, 0.1) is 40.4 Å². The van der Waals surface area contributed by atoms with Crippen LogP contribution in [-0.4, -0.2) is 0 Å². The van der Waals surface area contributed by atoms with Crippen molar-refractivity contribution in [3.8, 4) is 0 Å². The monoisotopic (exact) mass is 396 g/mol. The maximum atomic E-state index is 4.35. The van der Waals surface area contributed by atoms with E-state index in [-0.39, 0.29) is 0 Å². The first kappa shape index (κ1) is 22.9. The van der Waals surface area contributed by atoms with Crippen LogP contribution in [-0.2, 0) is 0 Å². The summed E-state index contributed by atoms with van der Waals surface area (Å²) in [6.45, 7) is 20.7. The number of hydrogen-bond acceptors (Lipinski definition) is 0. The summed E-state index contributed by atoms with van der Waals surface area (Å²) in [6.07, 6.45) is 17.7. The molecule has 0 aromatic carbocycles. The van der Waals surface area contributed by atoms with Crippen LogP contribution in [0.4, 0.5) is 0 Å². The van der Waals surface area contributed by atoms with Crippen LogP contribution < -0.4 is 0 Å². The third-order valence-electron chi connectivity index (χ3n) is 9.95. The Bertz CT molecular complexity index is 664. The summed E-state index contributed by atoms with van der Waals surface area (Å²) >= 11 is 0. The van der Waals surface area contributed by atoms with Gasteiger partial charge in [0.05, 0.1) is 0 Å². The van der Waals surface area contributed by atoms with E-state index in [1.165, 1.54) is 56.9 Å². The van der Waals surface area contributed by atoms with Crippen LogP contribution in [0.25, 0.3) is 0 Å². The molecule has 0 nitrogen and oxygen atoms in total. The van der Waals surface area contributed by atoms with Gasteiger partial charge in [-0.3, -0.25) is 0 Å². The van der Waals surface area contributed by atoms with Crippen LogP contribution >= 0.6 is 0 Å². The summed E-state index contributed by atoms with van der Waals surface area (Å²) in [6, 6.07) is 0. The molecule has 4 aliphatic rings. The number of allylic oxidation sites excluding steroid dienone is 5. The van der Waals surface area contributed by atoms with Crippen molar-refractivity contribution >= 4 is 0 Å². The molecule has 0 aromatic rings. The summed E-state index contributed by atoms with van der Waals surface area (Å²) in [5.74, 6) is 4.47. The number of rotatable bonds is 4. The highest BCUT2D eigenvalue weighted by molar-refractivity contribution is 5.36. The Hall–Kier alpha value is -0.780. The van der Waals surface area contributed by atoms with E-state index in [9.17, 15) is 0 Å². The highest BCUT2D eigenvalue weighted by Crippen LogP contribution is 2.66. The van der Waals surface area contributed by atoms with Crippen LogP contribution in [0.15, 0.2) is 35.5 Å². The zero-order valence-corrected chi connectivity index (χ0v) is 20.6. The Morgan fingerprint density at radius 1 is 1.14 bits per heavy atom. The topological polar surface area (TPSA) is 0 Å². The van der Waals surface area contributed by atoms with Crippen LogP contribution in [0.5, 0.6) is 0 Å². The minimum atomic E-state index is 0.464. The fourth-order valence-corrected chi connectivity index (χ4v) is 7.90. The Labute approximate surface area is 182 Å². The average Bonchev–Trinajstić information content (AvgIpc) is 3.05. The molecule has 0 aromatic heterocycles. The normalized spacial score (nSPS) is 41.6. The predicted molar refractivity (Wildman–Crippen MR) is 129 cm³/mol. The molecule has 0 amide bonds. The first-order chi connectivity index (χ1) is 13.8. The van der Waals surface area contributed by atoms with Crippen molar-refractivity contribution in [3.05, 3.63) is 35.5 Å². The molecule has 29 heavy (non-hydrogen) atoms. The second-order valence-electron chi connectivity index (χ2n) is 11.1. The van der Waals surface area contributed by atoms with Crippen LogP contribution in [0.2, 0.25) is 0 Å². The molecule has 0 spiro atoms. The summed E-state index contributed by atoms with van der Waals surface area (Å²) in [5.41, 5.74) is 5.82. The Morgan fingerprint density at radius 3 is 2.55 bits per heavy atom. The van der Waals surface area contributed by atoms with Gasteiger partial charge in [-0.15, -0.1) is 0 Å². The van der Waals surface area contributed by atoms with Crippen molar-refractivity contribution in [1.82, 2.24) is 0 Å². The molecule has 0 bridgehead atoms. The van der Waals surface area contributed by atoms with Gasteiger partial charge in [0.1, 0.15) is 0 Å². The molecule has 0 saturated heterocycles. The lowest BCUT2D eigenvalue weighted by molar-refractivity contribution is -0.0384. The van der Waals surface area contributed by atoms with Gasteiger partial charge in [0, 0.05) is 0 Å². The highest BCUT2D eigenvalue weighted by Gasteiger charge is 2.57. The quantitative estimate of drug-likeness (QED) is 0.415. The Kier molecular flexibility index (Phi) is 6.92. The summed E-state index contributed by atoms with van der Waals surface area (Å²) in [5, 5.41) is 0. The minimum Gasteiger partial charge on any atom is -0.0996 e. The molecule has 7 atom stereocenters. The average molecular weight is 397 g/mol. The lowest BCUT2D eigenvalue weighted by Gasteiger charge is -2.57. The lowest BCUT2D eigenvalue weighted by atomic mass is 9.47. The van der Waals surface area contributed by atoms with E-state index in [1.807, 2.05) is 13.8 Å². The van der Waals surface area contributed by atoms with E-state index >= 15 is 0 Å². The Balaban J connectivity index is 0.00000117. The molecule has 164 valence electrons. The molecular formula is C29H48. The van der Waals surface area contributed by atoms with Gasteiger partial charge < -0.3 is 0 Å². The van der Waals surface area contributed by atoms with Gasteiger partial charge in [-0.25, -0.2) is 0 Å². The zero-order valence-electron chi connectivity index (χ0n) is 20.6. The Morgan fingerprint density at radius 2 is 1.86 bits per heavy atom. The van der Waals surface area contributed by atoms with E-state index in [0.29, 0.717) is 16.7 Å². The third kappa shape index (κ3) is 3.83. The van der Waals surface area contributed by atoms with Crippen LogP contribution in [0.3, 0.4) is 0 Å². The van der Waals surface area contributed by atoms with Crippen molar-refractivity contribution in [3.63, 3.8) is 0 Å². The van der Waals surface area contributed by atoms with Gasteiger partial charge in [0.25, 0.3) is 0 Å². The summed E-state index contributed by atoms with van der Waals surface area (Å²) in [7, 11) is 0. The first-order valence-corrected chi connectivity index (χ1v) is 12.8. The SMILES string of the molecule is C=C(CC)C(C)C[C@@H]1CCC2C3CC=C4C=C(C)CCC4(C)C3CCC21C.CC. The fraction of sp³-hybridized carbons (Fsp3) is 0.793. The van der Waals surface area contributed by atoms with Crippen molar-refractivity contribution in [2.75, 3.05) is 0 Å². The maximum Gasteiger partial charge on any atom is -0.00443 e. The third-order valence-corrected chi connectivity index (χ3v) is 9.95. The smallest absolute Gasteiger partial charge is 0.00443 e. The van der Waals surface area contributed by atoms with Crippen LogP contribution in [0.1, 0.15) is 106 Å². The molecule has 6 unspecified atom stereocenters. The lowest BCUT2D eigenvalue weighted by Crippen LogP contribution is -2.49. The van der Waals surface area contributed by atoms with Gasteiger partial charge in [0.2, 0.25) is 0 Å². The van der Waals surface area contributed by atoms with Gasteiger partial charge >= 0.3 is 0 Å². The standard InChI is InChI=1S/C27H42.C2H6/c1-7-19(3)20(4)17-22-9-11-24-23-10-8-21-16-18(2)12-14-26(21,5)25(23)13-15-27(22,24)6;1-2/h8,16,20,22-25H,3,7,9-15,17H2,1-2,4-6H3;1-2H3/t20?,22-,23?,24?,25?,26?,27?;/m0./s1. The number of fused-ring (bicyclic) bond motifs is 5. The minimum absolute atomic E-state index is 0.464. The molecule has 0 heterocycles. The van der Waals surface area contributed by atoms with Gasteiger partial charge in [-0.05, 0) is 111 Å². The predicted octanol–water partition coefficient (Wildman–Crippen LogP) is 9.14. The molecule has 0 N–H and O–H groups in total. The van der Waals surface area contributed by atoms with Gasteiger partial charge in [-0.2, -0.15) is 0 Å². The van der Waals surface area contributed by atoms with E-state index in [2.05, 4.69) is 53.3 Å². The van der Waals surface area contributed by atoms with E-state index < -0.39 is 0 Å². The van der Waals surface area contributed by atoms with Gasteiger partial charge in [0.15, 0.2) is 0 Å². The molecule has 0 aliphatic heterocycles. The second-order valence-corrected chi connectivity index (χ2v) is 11.1. The molecular weight excluding hydrogens is 348 g/mol. The summed E-state index contributed by atoms with van der Waals surface area (Å²) < 4.78 is 0.